The van der Waals surface area contributed by atoms with Crippen molar-refractivity contribution in [2.45, 2.75) is 26.7 Å². The summed E-state index contributed by atoms with van der Waals surface area (Å²) >= 11 is 0. The first kappa shape index (κ1) is 13.7. The highest BCUT2D eigenvalue weighted by Crippen LogP contribution is 2.09. The molecule has 0 saturated carbocycles. The minimum absolute atomic E-state index is 0.131. The van der Waals surface area contributed by atoms with Crippen molar-refractivity contribution in [3.8, 4) is 0 Å². The average Bonchev–Trinajstić information content (AvgIpc) is 2.34. The van der Waals surface area contributed by atoms with Gasteiger partial charge in [-0.1, -0.05) is 31.2 Å². The highest BCUT2D eigenvalue weighted by Gasteiger charge is 2.02. The third-order valence-electron chi connectivity index (χ3n) is 2.76. The first-order chi connectivity index (χ1) is 8.24. The highest BCUT2D eigenvalue weighted by atomic mass is 16.1. The molecule has 0 aliphatic heterocycles. The normalized spacial score (nSPS) is 10.2. The number of likely N-dealkylation sites (N-methyl/N-ethyl adjacent to an activating group) is 1. The van der Waals surface area contributed by atoms with Gasteiger partial charge in [0.25, 0.3) is 0 Å². The Balaban J connectivity index is 2.22. The van der Waals surface area contributed by atoms with Crippen molar-refractivity contribution >= 4 is 5.91 Å². The van der Waals surface area contributed by atoms with Gasteiger partial charge in [0.1, 0.15) is 0 Å². The van der Waals surface area contributed by atoms with E-state index in [2.05, 4.69) is 36.6 Å². The van der Waals surface area contributed by atoms with E-state index >= 15 is 0 Å². The fraction of sp³-hybridized carbons (Fsp3) is 0.500. The Kier molecular flexibility index (Phi) is 6.33. The lowest BCUT2D eigenvalue weighted by Crippen LogP contribution is -2.31. The average molecular weight is 234 g/mol. The van der Waals surface area contributed by atoms with Crippen LogP contribution in [0.4, 0.5) is 0 Å². The van der Waals surface area contributed by atoms with Gasteiger partial charge in [-0.2, -0.15) is 0 Å². The van der Waals surface area contributed by atoms with Crippen molar-refractivity contribution in [2.24, 2.45) is 0 Å². The number of carbonyl (C=O) groups excluding carboxylic acids is 1. The largest absolute Gasteiger partial charge is 0.355 e. The standard InChI is InChI=1S/C14H22N2O/c1-3-15-10-11-16-14(17)9-8-13-7-5-4-6-12(13)2/h4-7,15H,3,8-11H2,1-2H3,(H,16,17). The van der Waals surface area contributed by atoms with Crippen molar-refractivity contribution in [2.75, 3.05) is 19.6 Å². The molecule has 0 bridgehead atoms. The predicted octanol–water partition coefficient (Wildman–Crippen LogP) is 1.65. The van der Waals surface area contributed by atoms with E-state index < -0.39 is 0 Å². The molecular formula is C14H22N2O. The topological polar surface area (TPSA) is 41.1 Å². The molecule has 1 rings (SSSR count). The van der Waals surface area contributed by atoms with Crippen LogP contribution in [0.3, 0.4) is 0 Å². The number of hydrogen-bond donors (Lipinski definition) is 2. The Bertz CT molecular complexity index is 350. The Morgan fingerprint density at radius 2 is 2.00 bits per heavy atom. The van der Waals surface area contributed by atoms with Gasteiger partial charge in [0.05, 0.1) is 0 Å². The third kappa shape index (κ3) is 5.50. The van der Waals surface area contributed by atoms with Gasteiger partial charge >= 0.3 is 0 Å². The molecule has 3 heteroatoms. The number of amides is 1. The summed E-state index contributed by atoms with van der Waals surface area (Å²) in [6.45, 7) is 6.63. The van der Waals surface area contributed by atoms with Gasteiger partial charge in [-0.05, 0) is 31.0 Å². The van der Waals surface area contributed by atoms with Crippen LogP contribution < -0.4 is 10.6 Å². The monoisotopic (exact) mass is 234 g/mol. The second-order valence-corrected chi connectivity index (χ2v) is 4.13. The van der Waals surface area contributed by atoms with E-state index in [-0.39, 0.29) is 5.91 Å². The maximum absolute atomic E-state index is 11.6. The third-order valence-corrected chi connectivity index (χ3v) is 2.76. The lowest BCUT2D eigenvalue weighted by atomic mass is 10.0. The van der Waals surface area contributed by atoms with E-state index in [1.165, 1.54) is 11.1 Å². The van der Waals surface area contributed by atoms with Crippen LogP contribution in [-0.2, 0) is 11.2 Å². The molecule has 0 radical (unpaired) electrons. The van der Waals surface area contributed by atoms with Crippen LogP contribution in [0.5, 0.6) is 0 Å². The van der Waals surface area contributed by atoms with E-state index in [9.17, 15) is 4.79 Å². The summed E-state index contributed by atoms with van der Waals surface area (Å²) in [5.74, 6) is 0.131. The smallest absolute Gasteiger partial charge is 0.220 e. The zero-order chi connectivity index (χ0) is 12.5. The molecule has 0 aliphatic carbocycles. The SMILES string of the molecule is CCNCCNC(=O)CCc1ccccc1C. The molecule has 0 fully saturated rings. The van der Waals surface area contributed by atoms with Gasteiger partial charge in [0.2, 0.25) is 5.91 Å². The second-order valence-electron chi connectivity index (χ2n) is 4.13. The Hall–Kier alpha value is -1.35. The molecule has 0 saturated heterocycles. The molecule has 0 atom stereocenters. The summed E-state index contributed by atoms with van der Waals surface area (Å²) in [5, 5.41) is 6.08. The predicted molar refractivity (Wildman–Crippen MR) is 71.1 cm³/mol. The van der Waals surface area contributed by atoms with Gasteiger partial charge in [-0.25, -0.2) is 0 Å². The van der Waals surface area contributed by atoms with Gasteiger partial charge in [-0.3, -0.25) is 4.79 Å². The maximum Gasteiger partial charge on any atom is 0.220 e. The Morgan fingerprint density at radius 3 is 2.71 bits per heavy atom. The number of rotatable bonds is 7. The molecule has 1 aromatic carbocycles. The van der Waals surface area contributed by atoms with E-state index in [1.54, 1.807) is 0 Å². The second kappa shape index (κ2) is 7.85. The summed E-state index contributed by atoms with van der Waals surface area (Å²) in [7, 11) is 0. The summed E-state index contributed by atoms with van der Waals surface area (Å²) in [6.07, 6.45) is 1.39. The minimum atomic E-state index is 0.131. The molecule has 94 valence electrons. The lowest BCUT2D eigenvalue weighted by Gasteiger charge is -2.07. The van der Waals surface area contributed by atoms with Gasteiger partial charge in [0, 0.05) is 19.5 Å². The van der Waals surface area contributed by atoms with Gasteiger partial charge < -0.3 is 10.6 Å². The van der Waals surface area contributed by atoms with E-state index in [0.717, 1.165) is 19.5 Å². The zero-order valence-corrected chi connectivity index (χ0v) is 10.8. The molecule has 1 aromatic rings. The van der Waals surface area contributed by atoms with Gasteiger partial charge in [0.15, 0.2) is 0 Å². The van der Waals surface area contributed by atoms with Crippen LogP contribution in [0.15, 0.2) is 24.3 Å². The summed E-state index contributed by atoms with van der Waals surface area (Å²) in [6, 6.07) is 8.21. The molecular weight excluding hydrogens is 212 g/mol. The van der Waals surface area contributed by atoms with Crippen LogP contribution in [0.1, 0.15) is 24.5 Å². The van der Waals surface area contributed by atoms with Crippen molar-refractivity contribution in [1.29, 1.82) is 0 Å². The Labute approximate surface area is 104 Å². The molecule has 0 aromatic heterocycles. The molecule has 17 heavy (non-hydrogen) atoms. The summed E-state index contributed by atoms with van der Waals surface area (Å²) < 4.78 is 0. The number of hydrogen-bond acceptors (Lipinski definition) is 2. The van der Waals surface area contributed by atoms with Crippen molar-refractivity contribution in [1.82, 2.24) is 10.6 Å². The van der Waals surface area contributed by atoms with Crippen LogP contribution in [0.25, 0.3) is 0 Å². The maximum atomic E-state index is 11.6. The fourth-order valence-electron chi connectivity index (χ4n) is 1.69. The molecule has 1 amide bonds. The summed E-state index contributed by atoms with van der Waals surface area (Å²) in [4.78, 5) is 11.6. The molecule has 2 N–H and O–H groups in total. The van der Waals surface area contributed by atoms with Crippen LogP contribution in [-0.4, -0.2) is 25.5 Å². The Morgan fingerprint density at radius 1 is 1.24 bits per heavy atom. The van der Waals surface area contributed by atoms with E-state index in [4.69, 9.17) is 0 Å². The highest BCUT2D eigenvalue weighted by molar-refractivity contribution is 5.76. The molecule has 3 nitrogen and oxygen atoms in total. The summed E-state index contributed by atoms with van der Waals surface area (Å²) in [5.41, 5.74) is 2.52. The van der Waals surface area contributed by atoms with Gasteiger partial charge in [-0.15, -0.1) is 0 Å². The number of carbonyl (C=O) groups is 1. The van der Waals surface area contributed by atoms with Crippen molar-refractivity contribution < 1.29 is 4.79 Å². The number of benzene rings is 1. The van der Waals surface area contributed by atoms with Crippen molar-refractivity contribution in [3.63, 3.8) is 0 Å². The molecule has 0 unspecified atom stereocenters. The minimum Gasteiger partial charge on any atom is -0.355 e. The number of nitrogens with one attached hydrogen (secondary N) is 2. The first-order valence-electron chi connectivity index (χ1n) is 6.26. The first-order valence-corrected chi connectivity index (χ1v) is 6.26. The van der Waals surface area contributed by atoms with E-state index in [0.29, 0.717) is 13.0 Å². The number of aryl methyl sites for hydroxylation is 2. The van der Waals surface area contributed by atoms with Crippen molar-refractivity contribution in [3.05, 3.63) is 35.4 Å². The van der Waals surface area contributed by atoms with E-state index in [1.807, 2.05) is 12.1 Å². The van der Waals surface area contributed by atoms with Crippen LogP contribution in [0.2, 0.25) is 0 Å². The molecule has 0 spiro atoms. The lowest BCUT2D eigenvalue weighted by molar-refractivity contribution is -0.121. The zero-order valence-electron chi connectivity index (χ0n) is 10.8. The quantitative estimate of drug-likeness (QED) is 0.704. The van der Waals surface area contributed by atoms with Crippen LogP contribution >= 0.6 is 0 Å². The van der Waals surface area contributed by atoms with Crippen LogP contribution in [0, 0.1) is 6.92 Å². The molecule has 0 aliphatic rings. The fourth-order valence-corrected chi connectivity index (χ4v) is 1.69. The molecule has 0 heterocycles.